The van der Waals surface area contributed by atoms with Crippen molar-refractivity contribution in [3.63, 3.8) is 0 Å². The highest BCUT2D eigenvalue weighted by Crippen LogP contribution is 2.34. The van der Waals surface area contributed by atoms with E-state index in [-0.39, 0.29) is 6.04 Å². The minimum absolute atomic E-state index is 0.150. The number of aromatic nitrogens is 3. The number of ether oxygens (including phenoxy) is 1. The Kier molecular flexibility index (Phi) is 3.06. The summed E-state index contributed by atoms with van der Waals surface area (Å²) in [6, 6.07) is 5.98. The SMILES string of the molecule is COc1ccc(C2CCCc3nc(N)nn32)cc1Cl. The lowest BCUT2D eigenvalue weighted by Gasteiger charge is -2.24. The number of aryl methyl sites for hydroxylation is 1. The summed E-state index contributed by atoms with van der Waals surface area (Å²) < 4.78 is 7.09. The molecule has 0 saturated heterocycles. The molecule has 100 valence electrons. The molecule has 2 aromatic rings. The van der Waals surface area contributed by atoms with Crippen molar-refractivity contribution in [2.45, 2.75) is 25.3 Å². The zero-order valence-electron chi connectivity index (χ0n) is 10.6. The zero-order valence-corrected chi connectivity index (χ0v) is 11.4. The van der Waals surface area contributed by atoms with Crippen LogP contribution in [0.3, 0.4) is 0 Å². The minimum Gasteiger partial charge on any atom is -0.495 e. The molecule has 0 radical (unpaired) electrons. The molecule has 1 atom stereocenters. The Hall–Kier alpha value is -1.75. The van der Waals surface area contributed by atoms with Crippen LogP contribution in [0.15, 0.2) is 18.2 Å². The second kappa shape index (κ2) is 4.74. The van der Waals surface area contributed by atoms with Crippen LogP contribution in [0.4, 0.5) is 5.95 Å². The average molecular weight is 279 g/mol. The van der Waals surface area contributed by atoms with Gasteiger partial charge in [-0.2, -0.15) is 4.98 Å². The highest BCUT2D eigenvalue weighted by molar-refractivity contribution is 6.32. The molecule has 2 heterocycles. The van der Waals surface area contributed by atoms with E-state index in [0.717, 1.165) is 30.7 Å². The van der Waals surface area contributed by atoms with E-state index in [0.29, 0.717) is 16.7 Å². The first-order valence-corrected chi connectivity index (χ1v) is 6.61. The van der Waals surface area contributed by atoms with Crippen molar-refractivity contribution in [1.29, 1.82) is 0 Å². The molecular weight excluding hydrogens is 264 g/mol. The third-order valence-corrected chi connectivity index (χ3v) is 3.75. The van der Waals surface area contributed by atoms with Crippen molar-refractivity contribution in [1.82, 2.24) is 14.8 Å². The maximum atomic E-state index is 6.19. The van der Waals surface area contributed by atoms with Crippen molar-refractivity contribution in [3.8, 4) is 5.75 Å². The topological polar surface area (TPSA) is 66.0 Å². The van der Waals surface area contributed by atoms with Gasteiger partial charge in [-0.05, 0) is 30.5 Å². The van der Waals surface area contributed by atoms with Gasteiger partial charge in [0.15, 0.2) is 0 Å². The van der Waals surface area contributed by atoms with Crippen LogP contribution in [-0.4, -0.2) is 21.9 Å². The Morgan fingerprint density at radius 3 is 3.05 bits per heavy atom. The highest BCUT2D eigenvalue weighted by atomic mass is 35.5. The van der Waals surface area contributed by atoms with Gasteiger partial charge in [0, 0.05) is 6.42 Å². The summed E-state index contributed by atoms with van der Waals surface area (Å²) in [5.41, 5.74) is 6.79. The standard InChI is InChI=1S/C13H15ClN4O/c1-19-11-6-5-8(7-9(11)14)10-3-2-4-12-16-13(15)17-18(10)12/h5-7,10H,2-4H2,1H3,(H2,15,17). The summed E-state index contributed by atoms with van der Waals surface area (Å²) in [7, 11) is 1.61. The van der Waals surface area contributed by atoms with E-state index in [2.05, 4.69) is 10.1 Å². The number of nitrogens with zero attached hydrogens (tertiary/aromatic N) is 3. The van der Waals surface area contributed by atoms with Gasteiger partial charge in [-0.25, -0.2) is 4.68 Å². The quantitative estimate of drug-likeness (QED) is 0.916. The Morgan fingerprint density at radius 1 is 1.47 bits per heavy atom. The minimum atomic E-state index is 0.150. The maximum absolute atomic E-state index is 6.19. The Bertz CT molecular complexity index is 611. The number of hydrogen-bond acceptors (Lipinski definition) is 4. The molecule has 0 spiro atoms. The number of nitrogens with two attached hydrogens (primary N) is 1. The molecule has 5 nitrogen and oxygen atoms in total. The van der Waals surface area contributed by atoms with Crippen molar-refractivity contribution >= 4 is 17.5 Å². The number of methoxy groups -OCH3 is 1. The number of anilines is 1. The van der Waals surface area contributed by atoms with E-state index in [4.69, 9.17) is 22.1 Å². The van der Waals surface area contributed by atoms with Gasteiger partial charge >= 0.3 is 0 Å². The molecule has 0 saturated carbocycles. The first-order valence-electron chi connectivity index (χ1n) is 6.23. The lowest BCUT2D eigenvalue weighted by atomic mass is 9.98. The summed E-state index contributed by atoms with van der Waals surface area (Å²) in [5, 5.41) is 4.90. The first kappa shape index (κ1) is 12.3. The molecule has 19 heavy (non-hydrogen) atoms. The van der Waals surface area contributed by atoms with Crippen LogP contribution in [-0.2, 0) is 6.42 Å². The number of rotatable bonds is 2. The Labute approximate surface area is 116 Å². The molecule has 0 fully saturated rings. The second-order valence-corrected chi connectivity index (χ2v) is 5.04. The molecule has 1 aliphatic heterocycles. The van der Waals surface area contributed by atoms with Crippen LogP contribution in [0, 0.1) is 0 Å². The molecule has 1 aromatic heterocycles. The van der Waals surface area contributed by atoms with E-state index < -0.39 is 0 Å². The van der Waals surface area contributed by atoms with Gasteiger partial charge in [-0.15, -0.1) is 5.10 Å². The monoisotopic (exact) mass is 278 g/mol. The maximum Gasteiger partial charge on any atom is 0.239 e. The fraction of sp³-hybridized carbons (Fsp3) is 0.385. The summed E-state index contributed by atoms with van der Waals surface area (Å²) in [6.45, 7) is 0. The second-order valence-electron chi connectivity index (χ2n) is 4.63. The number of nitrogen functional groups attached to an aromatic ring is 1. The van der Waals surface area contributed by atoms with Crippen molar-refractivity contribution < 1.29 is 4.74 Å². The van der Waals surface area contributed by atoms with Gasteiger partial charge in [0.25, 0.3) is 0 Å². The third kappa shape index (κ3) is 2.14. The van der Waals surface area contributed by atoms with E-state index in [1.807, 2.05) is 22.9 Å². The van der Waals surface area contributed by atoms with Gasteiger partial charge in [-0.3, -0.25) is 0 Å². The fourth-order valence-electron chi connectivity index (χ4n) is 2.57. The van der Waals surface area contributed by atoms with Crippen LogP contribution in [0.25, 0.3) is 0 Å². The predicted molar refractivity (Wildman–Crippen MR) is 73.5 cm³/mol. The molecule has 0 aliphatic carbocycles. The molecule has 6 heteroatoms. The zero-order chi connectivity index (χ0) is 13.4. The number of halogens is 1. The molecule has 3 rings (SSSR count). The lowest BCUT2D eigenvalue weighted by Crippen LogP contribution is -2.20. The van der Waals surface area contributed by atoms with E-state index in [1.165, 1.54) is 0 Å². The van der Waals surface area contributed by atoms with Crippen molar-refractivity contribution in [3.05, 3.63) is 34.6 Å². The van der Waals surface area contributed by atoms with Crippen LogP contribution < -0.4 is 10.5 Å². The smallest absolute Gasteiger partial charge is 0.239 e. The molecular formula is C13H15ClN4O. The van der Waals surface area contributed by atoms with E-state index >= 15 is 0 Å². The van der Waals surface area contributed by atoms with Gasteiger partial charge in [0.2, 0.25) is 5.95 Å². The van der Waals surface area contributed by atoms with Gasteiger partial charge in [-0.1, -0.05) is 17.7 Å². The molecule has 1 unspecified atom stereocenters. The summed E-state index contributed by atoms with van der Waals surface area (Å²) >= 11 is 6.19. The molecule has 2 N–H and O–H groups in total. The Morgan fingerprint density at radius 2 is 2.32 bits per heavy atom. The summed E-state index contributed by atoms with van der Waals surface area (Å²) in [6.07, 6.45) is 3.01. The van der Waals surface area contributed by atoms with Crippen molar-refractivity contribution in [2.24, 2.45) is 0 Å². The third-order valence-electron chi connectivity index (χ3n) is 3.45. The first-order chi connectivity index (χ1) is 9.19. The number of benzene rings is 1. The predicted octanol–water partition coefficient (Wildman–Crippen LogP) is 2.45. The highest BCUT2D eigenvalue weighted by Gasteiger charge is 2.24. The molecule has 1 aliphatic rings. The molecule has 0 amide bonds. The van der Waals surface area contributed by atoms with E-state index in [1.54, 1.807) is 7.11 Å². The van der Waals surface area contributed by atoms with Crippen LogP contribution in [0.1, 0.15) is 30.3 Å². The fourth-order valence-corrected chi connectivity index (χ4v) is 2.83. The van der Waals surface area contributed by atoms with Crippen molar-refractivity contribution in [2.75, 3.05) is 12.8 Å². The van der Waals surface area contributed by atoms with Crippen LogP contribution in [0.5, 0.6) is 5.75 Å². The van der Waals surface area contributed by atoms with Crippen LogP contribution >= 0.6 is 11.6 Å². The molecule has 1 aromatic carbocycles. The molecule has 0 bridgehead atoms. The van der Waals surface area contributed by atoms with Gasteiger partial charge < -0.3 is 10.5 Å². The number of hydrogen-bond donors (Lipinski definition) is 1. The summed E-state index contributed by atoms with van der Waals surface area (Å²) in [5.74, 6) is 1.96. The largest absolute Gasteiger partial charge is 0.495 e. The summed E-state index contributed by atoms with van der Waals surface area (Å²) in [4.78, 5) is 4.26. The average Bonchev–Trinajstić information content (AvgIpc) is 2.78. The van der Waals surface area contributed by atoms with Crippen LogP contribution in [0.2, 0.25) is 5.02 Å². The Balaban J connectivity index is 2.01. The number of fused-ring (bicyclic) bond motifs is 1. The van der Waals surface area contributed by atoms with E-state index in [9.17, 15) is 0 Å². The van der Waals surface area contributed by atoms with Gasteiger partial charge in [0.05, 0.1) is 18.2 Å². The van der Waals surface area contributed by atoms with Gasteiger partial charge in [0.1, 0.15) is 11.6 Å². The normalized spacial score (nSPS) is 18.1. The lowest BCUT2D eigenvalue weighted by molar-refractivity contribution is 0.406.